The first-order valence-electron chi connectivity index (χ1n) is 6.13. The van der Waals surface area contributed by atoms with Gasteiger partial charge in [0.15, 0.2) is 0 Å². The molecule has 7 heteroatoms. The van der Waals surface area contributed by atoms with Crippen molar-refractivity contribution in [2.24, 2.45) is 0 Å². The van der Waals surface area contributed by atoms with Gasteiger partial charge >= 0.3 is 0 Å². The Morgan fingerprint density at radius 1 is 1.38 bits per heavy atom. The molecule has 1 aromatic carbocycles. The Bertz CT molecular complexity index is 685. The second-order valence-corrected chi connectivity index (χ2v) is 5.01. The zero-order valence-electron chi connectivity index (χ0n) is 10.9. The van der Waals surface area contributed by atoms with Gasteiger partial charge in [-0.2, -0.15) is 5.26 Å². The van der Waals surface area contributed by atoms with Gasteiger partial charge in [-0.15, -0.1) is 0 Å². The van der Waals surface area contributed by atoms with Crippen molar-refractivity contribution in [3.8, 4) is 6.07 Å². The fourth-order valence-corrected chi connectivity index (χ4v) is 2.40. The van der Waals surface area contributed by atoms with Gasteiger partial charge in [0, 0.05) is 18.3 Å². The Morgan fingerprint density at radius 2 is 2.10 bits per heavy atom. The van der Waals surface area contributed by atoms with Crippen molar-refractivity contribution >= 4 is 33.1 Å². The fraction of sp³-hybridized carbons (Fsp3) is 0.143. The minimum Gasteiger partial charge on any atom is -0.324 e. The average Bonchev–Trinajstić information content (AvgIpc) is 2.50. The van der Waals surface area contributed by atoms with Crippen LogP contribution < -0.4 is 4.90 Å². The Labute approximate surface area is 129 Å². The summed E-state index contributed by atoms with van der Waals surface area (Å²) in [7, 11) is 0. The number of para-hydroxylation sites is 1. The van der Waals surface area contributed by atoms with E-state index in [1.807, 2.05) is 35.2 Å². The smallest absolute Gasteiger partial charge is 0.288 e. The third-order valence-electron chi connectivity index (χ3n) is 2.79. The number of aromatic nitrogens is 1. The minimum atomic E-state index is -0.496. The lowest BCUT2D eigenvalue weighted by atomic mass is 10.2. The minimum absolute atomic E-state index is 0.0843. The molecule has 21 heavy (non-hydrogen) atoms. The predicted molar refractivity (Wildman–Crippen MR) is 82.3 cm³/mol. The third-order valence-corrected chi connectivity index (χ3v) is 3.37. The van der Waals surface area contributed by atoms with Crippen molar-refractivity contribution in [3.05, 3.63) is 57.2 Å². The van der Waals surface area contributed by atoms with Gasteiger partial charge < -0.3 is 4.90 Å². The van der Waals surface area contributed by atoms with Gasteiger partial charge in [0.05, 0.1) is 21.9 Å². The number of hydrogen-bond acceptors (Lipinski definition) is 5. The summed E-state index contributed by atoms with van der Waals surface area (Å²) in [5, 5.41) is 19.6. The molecule has 0 saturated heterocycles. The lowest BCUT2D eigenvalue weighted by Gasteiger charge is -2.23. The Morgan fingerprint density at radius 3 is 2.67 bits per heavy atom. The first-order chi connectivity index (χ1) is 10.1. The van der Waals surface area contributed by atoms with Crippen LogP contribution in [0.15, 0.2) is 47.1 Å². The molecule has 106 valence electrons. The van der Waals surface area contributed by atoms with E-state index in [1.165, 1.54) is 12.3 Å². The van der Waals surface area contributed by atoms with E-state index < -0.39 is 4.92 Å². The highest BCUT2D eigenvalue weighted by atomic mass is 79.9. The molecule has 0 aliphatic carbocycles. The van der Waals surface area contributed by atoms with Gasteiger partial charge in [-0.05, 0) is 28.1 Å². The SMILES string of the molecule is N#CCCN(c1ccccc1)c1ncc([N+](=O)[O-])cc1Br. The first-order valence-corrected chi connectivity index (χ1v) is 6.92. The van der Waals surface area contributed by atoms with Gasteiger partial charge in [0.2, 0.25) is 0 Å². The van der Waals surface area contributed by atoms with Gasteiger partial charge in [-0.3, -0.25) is 10.1 Å². The lowest BCUT2D eigenvalue weighted by molar-refractivity contribution is -0.385. The van der Waals surface area contributed by atoms with Crippen molar-refractivity contribution in [2.75, 3.05) is 11.4 Å². The molecule has 0 saturated carbocycles. The quantitative estimate of drug-likeness (QED) is 0.607. The summed E-state index contributed by atoms with van der Waals surface area (Å²) >= 11 is 3.31. The van der Waals surface area contributed by atoms with Crippen molar-refractivity contribution in [1.82, 2.24) is 4.98 Å². The second-order valence-electron chi connectivity index (χ2n) is 4.15. The molecule has 0 radical (unpaired) electrons. The molecule has 0 aliphatic heterocycles. The summed E-state index contributed by atoms with van der Waals surface area (Å²) in [6, 6.07) is 13.0. The molecule has 0 fully saturated rings. The van der Waals surface area contributed by atoms with E-state index >= 15 is 0 Å². The highest BCUT2D eigenvalue weighted by Crippen LogP contribution is 2.32. The van der Waals surface area contributed by atoms with Crippen LogP contribution in [0.5, 0.6) is 0 Å². The lowest BCUT2D eigenvalue weighted by Crippen LogP contribution is -2.19. The molecule has 0 spiro atoms. The average molecular weight is 347 g/mol. The normalized spacial score (nSPS) is 9.90. The van der Waals surface area contributed by atoms with Crippen LogP contribution >= 0.6 is 15.9 Å². The van der Waals surface area contributed by atoms with Crippen molar-refractivity contribution < 1.29 is 4.92 Å². The van der Waals surface area contributed by atoms with Crippen LogP contribution in [-0.2, 0) is 0 Å². The zero-order chi connectivity index (χ0) is 15.2. The fourth-order valence-electron chi connectivity index (χ4n) is 1.85. The maximum absolute atomic E-state index is 10.8. The van der Waals surface area contributed by atoms with Gasteiger partial charge in [0.1, 0.15) is 12.0 Å². The number of benzene rings is 1. The molecule has 0 atom stereocenters. The number of pyridine rings is 1. The summed E-state index contributed by atoms with van der Waals surface area (Å²) < 4.78 is 0.512. The molecule has 1 heterocycles. The number of hydrogen-bond donors (Lipinski definition) is 0. The summed E-state index contributed by atoms with van der Waals surface area (Å²) in [6.45, 7) is 0.448. The van der Waals surface area contributed by atoms with E-state index in [-0.39, 0.29) is 5.69 Å². The van der Waals surface area contributed by atoms with Crippen molar-refractivity contribution in [2.45, 2.75) is 6.42 Å². The maximum atomic E-state index is 10.8. The number of nitro groups is 1. The van der Waals surface area contributed by atoms with E-state index in [9.17, 15) is 10.1 Å². The standard InChI is InChI=1S/C14H11BrN4O2/c15-13-9-12(19(20)21)10-17-14(13)18(8-4-7-16)11-5-2-1-3-6-11/h1-3,5-6,9-10H,4,8H2. The number of rotatable bonds is 5. The Kier molecular flexibility index (Phi) is 4.85. The largest absolute Gasteiger partial charge is 0.324 e. The number of anilines is 2. The first kappa shape index (κ1) is 14.9. The highest BCUT2D eigenvalue weighted by molar-refractivity contribution is 9.10. The van der Waals surface area contributed by atoms with E-state index in [0.29, 0.717) is 23.3 Å². The predicted octanol–water partition coefficient (Wildman–Crippen LogP) is 3.80. The summed E-state index contributed by atoms with van der Waals surface area (Å²) in [6.07, 6.45) is 1.53. The van der Waals surface area contributed by atoms with E-state index in [2.05, 4.69) is 27.0 Å². The highest BCUT2D eigenvalue weighted by Gasteiger charge is 2.17. The number of nitriles is 1. The monoisotopic (exact) mass is 346 g/mol. The summed E-state index contributed by atoms with van der Waals surface area (Å²) in [5.41, 5.74) is 0.786. The third kappa shape index (κ3) is 3.55. The Balaban J connectivity index is 2.42. The van der Waals surface area contributed by atoms with E-state index in [4.69, 9.17) is 5.26 Å². The molecule has 2 aromatic rings. The van der Waals surface area contributed by atoms with Gasteiger partial charge in [-0.25, -0.2) is 4.98 Å². The molecule has 1 aromatic heterocycles. The molecule has 6 nitrogen and oxygen atoms in total. The van der Waals surface area contributed by atoms with Crippen LogP contribution in [0.4, 0.5) is 17.2 Å². The zero-order valence-corrected chi connectivity index (χ0v) is 12.5. The molecule has 0 bridgehead atoms. The summed E-state index contributed by atoms with van der Waals surface area (Å²) in [5.74, 6) is 0.544. The topological polar surface area (TPSA) is 83.1 Å². The van der Waals surface area contributed by atoms with Crippen molar-refractivity contribution in [1.29, 1.82) is 5.26 Å². The van der Waals surface area contributed by atoms with Crippen LogP contribution in [0.25, 0.3) is 0 Å². The molecule has 0 aliphatic rings. The van der Waals surface area contributed by atoms with Crippen LogP contribution in [0.1, 0.15) is 6.42 Å². The molecule has 0 unspecified atom stereocenters. The number of halogens is 1. The van der Waals surface area contributed by atoms with Crippen LogP contribution in [0, 0.1) is 21.4 Å². The van der Waals surface area contributed by atoms with Gasteiger partial charge in [-0.1, -0.05) is 18.2 Å². The summed E-state index contributed by atoms with van der Waals surface area (Å²) in [4.78, 5) is 16.3. The molecule has 2 rings (SSSR count). The molecular weight excluding hydrogens is 336 g/mol. The number of nitrogens with zero attached hydrogens (tertiary/aromatic N) is 4. The Hall–Kier alpha value is -2.46. The molecule has 0 N–H and O–H groups in total. The maximum Gasteiger partial charge on any atom is 0.288 e. The van der Waals surface area contributed by atoms with Gasteiger partial charge in [0.25, 0.3) is 5.69 Å². The van der Waals surface area contributed by atoms with Crippen LogP contribution in [0.3, 0.4) is 0 Å². The second kappa shape index (κ2) is 6.81. The molecular formula is C14H11BrN4O2. The molecule has 0 amide bonds. The van der Waals surface area contributed by atoms with Crippen LogP contribution in [0.2, 0.25) is 0 Å². The van der Waals surface area contributed by atoms with E-state index in [1.54, 1.807) is 0 Å². The van der Waals surface area contributed by atoms with E-state index in [0.717, 1.165) is 5.69 Å². The van der Waals surface area contributed by atoms with Crippen LogP contribution in [-0.4, -0.2) is 16.5 Å². The van der Waals surface area contributed by atoms with Crippen molar-refractivity contribution in [3.63, 3.8) is 0 Å².